The Kier molecular flexibility index (Phi) is 2.21. The van der Waals surface area contributed by atoms with Crippen LogP contribution in [0.2, 0.25) is 0 Å². The number of fused-ring (bicyclic) bond motifs is 1. The summed E-state index contributed by atoms with van der Waals surface area (Å²) in [5.41, 5.74) is 6.80. The molecule has 90 valence electrons. The number of imidazole rings is 1. The van der Waals surface area contributed by atoms with Gasteiger partial charge in [-0.05, 0) is 18.6 Å². The molecule has 0 radical (unpaired) electrons. The summed E-state index contributed by atoms with van der Waals surface area (Å²) >= 11 is 0. The topological polar surface area (TPSA) is 53.1 Å². The van der Waals surface area contributed by atoms with Crippen LogP contribution in [0, 0.1) is 5.82 Å². The van der Waals surface area contributed by atoms with Crippen LogP contribution in [0.1, 0.15) is 12.2 Å². The average molecular weight is 235 g/mol. The lowest BCUT2D eigenvalue weighted by Crippen LogP contribution is -2.39. The van der Waals surface area contributed by atoms with E-state index in [9.17, 15) is 4.39 Å². The summed E-state index contributed by atoms with van der Waals surface area (Å²) in [6.45, 7) is 1.06. The van der Waals surface area contributed by atoms with E-state index in [1.807, 2.05) is 17.7 Å². The number of para-hydroxylation sites is 1. The van der Waals surface area contributed by atoms with Gasteiger partial charge in [-0.15, -0.1) is 0 Å². The second-order valence-electron chi connectivity index (χ2n) is 4.56. The Balaban J connectivity index is 2.24. The molecule has 1 aliphatic heterocycles. The quantitative estimate of drug-likeness (QED) is 0.810. The second-order valence-corrected chi connectivity index (χ2v) is 4.56. The van der Waals surface area contributed by atoms with Gasteiger partial charge in [0.15, 0.2) is 5.82 Å². The van der Waals surface area contributed by atoms with Crippen LogP contribution in [-0.4, -0.2) is 22.8 Å². The van der Waals surface area contributed by atoms with Gasteiger partial charge in [-0.1, -0.05) is 6.07 Å². The van der Waals surface area contributed by atoms with Crippen molar-refractivity contribution in [2.24, 2.45) is 12.8 Å². The van der Waals surface area contributed by atoms with Crippen LogP contribution >= 0.6 is 0 Å². The van der Waals surface area contributed by atoms with Gasteiger partial charge in [0.05, 0.1) is 12.1 Å². The van der Waals surface area contributed by atoms with E-state index in [4.69, 9.17) is 10.5 Å². The van der Waals surface area contributed by atoms with Crippen molar-refractivity contribution in [3.05, 3.63) is 29.8 Å². The number of nitrogens with zero attached hydrogens (tertiary/aromatic N) is 2. The van der Waals surface area contributed by atoms with Crippen LogP contribution in [-0.2, 0) is 17.3 Å². The molecule has 17 heavy (non-hydrogen) atoms. The van der Waals surface area contributed by atoms with E-state index in [0.717, 1.165) is 5.52 Å². The molecule has 2 N–H and O–H groups in total. The van der Waals surface area contributed by atoms with Gasteiger partial charge in [-0.2, -0.15) is 0 Å². The maximum atomic E-state index is 13.6. The Hall–Kier alpha value is -1.46. The summed E-state index contributed by atoms with van der Waals surface area (Å²) in [6.07, 6.45) is 0.714. The number of halogens is 1. The molecular weight excluding hydrogens is 221 g/mol. The van der Waals surface area contributed by atoms with Crippen LogP contribution in [0.4, 0.5) is 4.39 Å². The van der Waals surface area contributed by atoms with Crippen molar-refractivity contribution >= 4 is 11.0 Å². The largest absolute Gasteiger partial charge is 0.379 e. The van der Waals surface area contributed by atoms with Crippen LogP contribution in [0.3, 0.4) is 0 Å². The first-order valence-electron chi connectivity index (χ1n) is 5.60. The summed E-state index contributed by atoms with van der Waals surface area (Å²) < 4.78 is 20.8. The number of hydrogen-bond donors (Lipinski definition) is 1. The molecule has 5 heteroatoms. The molecule has 1 aromatic carbocycles. The van der Waals surface area contributed by atoms with Gasteiger partial charge in [0.1, 0.15) is 16.9 Å². The SMILES string of the molecule is Cn1c(C2(N)CCOC2)nc2c(F)cccc21. The fourth-order valence-electron chi connectivity index (χ4n) is 2.38. The van der Waals surface area contributed by atoms with E-state index in [1.54, 1.807) is 6.07 Å². The molecule has 0 aliphatic carbocycles. The van der Waals surface area contributed by atoms with Crippen LogP contribution < -0.4 is 5.73 Å². The molecule has 0 amide bonds. The molecule has 0 saturated carbocycles. The molecule has 0 bridgehead atoms. The lowest BCUT2D eigenvalue weighted by atomic mass is 9.99. The van der Waals surface area contributed by atoms with Crippen LogP contribution in [0.15, 0.2) is 18.2 Å². The second kappa shape index (κ2) is 3.51. The summed E-state index contributed by atoms with van der Waals surface area (Å²) in [6, 6.07) is 4.93. The van der Waals surface area contributed by atoms with Crippen molar-refractivity contribution < 1.29 is 9.13 Å². The first kappa shape index (κ1) is 10.7. The van der Waals surface area contributed by atoms with Gasteiger partial charge >= 0.3 is 0 Å². The number of ether oxygens (including phenoxy) is 1. The molecule has 1 unspecified atom stereocenters. The molecule has 4 nitrogen and oxygen atoms in total. The standard InChI is InChI=1S/C12H14FN3O/c1-16-9-4-2-3-8(13)10(9)15-11(16)12(14)5-6-17-7-12/h2-4H,5-7,14H2,1H3. The third kappa shape index (κ3) is 1.46. The molecule has 1 aliphatic rings. The van der Waals surface area contributed by atoms with E-state index in [1.165, 1.54) is 6.07 Å². The van der Waals surface area contributed by atoms with Gasteiger partial charge < -0.3 is 15.0 Å². The highest BCUT2D eigenvalue weighted by molar-refractivity contribution is 5.76. The van der Waals surface area contributed by atoms with Crippen LogP contribution in [0.25, 0.3) is 11.0 Å². The number of aryl methyl sites for hydroxylation is 1. The smallest absolute Gasteiger partial charge is 0.151 e. The summed E-state index contributed by atoms with van der Waals surface area (Å²) in [5, 5.41) is 0. The lowest BCUT2D eigenvalue weighted by Gasteiger charge is -2.20. The third-order valence-electron chi connectivity index (χ3n) is 3.36. The maximum Gasteiger partial charge on any atom is 0.151 e. The highest BCUT2D eigenvalue weighted by Gasteiger charge is 2.37. The monoisotopic (exact) mass is 235 g/mol. The first-order chi connectivity index (χ1) is 8.12. The van der Waals surface area contributed by atoms with Gasteiger partial charge in [-0.3, -0.25) is 0 Å². The number of rotatable bonds is 1. The van der Waals surface area contributed by atoms with Crippen molar-refractivity contribution in [1.82, 2.24) is 9.55 Å². The third-order valence-corrected chi connectivity index (χ3v) is 3.36. The fourth-order valence-corrected chi connectivity index (χ4v) is 2.38. The van der Waals surface area contributed by atoms with E-state index in [2.05, 4.69) is 4.98 Å². The highest BCUT2D eigenvalue weighted by Crippen LogP contribution is 2.29. The predicted octanol–water partition coefficient (Wildman–Crippen LogP) is 1.29. The average Bonchev–Trinajstić information content (AvgIpc) is 2.87. The Morgan fingerprint density at radius 2 is 2.35 bits per heavy atom. The Morgan fingerprint density at radius 3 is 3.00 bits per heavy atom. The first-order valence-corrected chi connectivity index (χ1v) is 5.60. The molecule has 1 aromatic heterocycles. The predicted molar refractivity (Wildman–Crippen MR) is 62.0 cm³/mol. The Morgan fingerprint density at radius 1 is 1.53 bits per heavy atom. The molecule has 1 fully saturated rings. The molecule has 3 rings (SSSR count). The van der Waals surface area contributed by atoms with Gasteiger partial charge in [-0.25, -0.2) is 9.37 Å². The van der Waals surface area contributed by atoms with Crippen molar-refractivity contribution in [3.63, 3.8) is 0 Å². The number of hydrogen-bond acceptors (Lipinski definition) is 3. The van der Waals surface area contributed by atoms with E-state index < -0.39 is 5.54 Å². The fraction of sp³-hybridized carbons (Fsp3) is 0.417. The van der Waals surface area contributed by atoms with Crippen molar-refractivity contribution in [1.29, 1.82) is 0 Å². The molecule has 2 heterocycles. The molecule has 1 atom stereocenters. The molecule has 2 aromatic rings. The maximum absolute atomic E-state index is 13.6. The number of nitrogens with two attached hydrogens (primary N) is 1. The minimum Gasteiger partial charge on any atom is -0.379 e. The highest BCUT2D eigenvalue weighted by atomic mass is 19.1. The molecule has 0 spiro atoms. The molecule has 1 saturated heterocycles. The van der Waals surface area contributed by atoms with Crippen molar-refractivity contribution in [3.8, 4) is 0 Å². The zero-order valence-corrected chi connectivity index (χ0v) is 9.61. The zero-order chi connectivity index (χ0) is 12.0. The molecular formula is C12H14FN3O. The van der Waals surface area contributed by atoms with Gasteiger partial charge in [0.25, 0.3) is 0 Å². The van der Waals surface area contributed by atoms with Gasteiger partial charge in [0, 0.05) is 13.7 Å². The van der Waals surface area contributed by atoms with Gasteiger partial charge in [0.2, 0.25) is 0 Å². The zero-order valence-electron chi connectivity index (χ0n) is 9.61. The normalized spacial score (nSPS) is 24.6. The summed E-state index contributed by atoms with van der Waals surface area (Å²) in [7, 11) is 1.86. The summed E-state index contributed by atoms with van der Waals surface area (Å²) in [4.78, 5) is 4.35. The van der Waals surface area contributed by atoms with Crippen molar-refractivity contribution in [2.45, 2.75) is 12.0 Å². The number of benzene rings is 1. The number of aromatic nitrogens is 2. The Labute approximate surface area is 98.2 Å². The van der Waals surface area contributed by atoms with Crippen LogP contribution in [0.5, 0.6) is 0 Å². The Bertz CT molecular complexity index is 572. The van der Waals surface area contributed by atoms with E-state index >= 15 is 0 Å². The van der Waals surface area contributed by atoms with E-state index in [-0.39, 0.29) is 5.82 Å². The summed E-state index contributed by atoms with van der Waals surface area (Å²) in [5.74, 6) is 0.377. The minimum atomic E-state index is -0.597. The minimum absolute atomic E-state index is 0.313. The van der Waals surface area contributed by atoms with Crippen molar-refractivity contribution in [2.75, 3.05) is 13.2 Å². The lowest BCUT2D eigenvalue weighted by molar-refractivity contribution is 0.175. The van der Waals surface area contributed by atoms with E-state index in [0.29, 0.717) is 31.0 Å².